The summed E-state index contributed by atoms with van der Waals surface area (Å²) in [6.45, 7) is 5.95. The Kier molecular flexibility index (Phi) is 5.23. The van der Waals surface area contributed by atoms with Crippen LogP contribution in [0.15, 0.2) is 35.5 Å². The van der Waals surface area contributed by atoms with E-state index in [0.717, 1.165) is 30.5 Å². The molecule has 150 valence electrons. The van der Waals surface area contributed by atoms with E-state index in [2.05, 4.69) is 38.3 Å². The van der Waals surface area contributed by atoms with Crippen molar-refractivity contribution in [2.75, 3.05) is 39.4 Å². The number of hydrogen-bond acceptors (Lipinski definition) is 6. The first kappa shape index (κ1) is 18.0. The smallest absolute Gasteiger partial charge is 0.175 e. The van der Waals surface area contributed by atoms with Gasteiger partial charge < -0.3 is 14.8 Å². The molecule has 0 spiro atoms. The normalized spacial score (nSPS) is 28.4. The summed E-state index contributed by atoms with van der Waals surface area (Å²) >= 11 is 0. The van der Waals surface area contributed by atoms with Crippen LogP contribution in [0.1, 0.15) is 37.3 Å². The fourth-order valence-electron chi connectivity index (χ4n) is 4.96. The van der Waals surface area contributed by atoms with Crippen LogP contribution in [0.4, 0.5) is 0 Å². The molecule has 0 amide bonds. The lowest BCUT2D eigenvalue weighted by Crippen LogP contribution is -2.48. The highest BCUT2D eigenvalue weighted by atomic mass is 16.6. The third kappa shape index (κ3) is 3.76. The van der Waals surface area contributed by atoms with Gasteiger partial charge in [-0.15, -0.1) is 0 Å². The molecule has 2 saturated heterocycles. The monoisotopic (exact) mass is 382 g/mol. The number of ether oxygens (including phenoxy) is 2. The average Bonchev–Trinajstić information content (AvgIpc) is 3.23. The van der Waals surface area contributed by atoms with Crippen molar-refractivity contribution in [1.82, 2.24) is 15.1 Å². The molecule has 28 heavy (non-hydrogen) atoms. The van der Waals surface area contributed by atoms with E-state index < -0.39 is 0 Å². The molecule has 2 unspecified atom stereocenters. The van der Waals surface area contributed by atoms with E-state index >= 15 is 0 Å². The first-order chi connectivity index (χ1) is 13.9. The number of nitrogens with one attached hydrogen (secondary N) is 1. The molecular weight excluding hydrogens is 352 g/mol. The summed E-state index contributed by atoms with van der Waals surface area (Å²) in [7, 11) is 0. The minimum Gasteiger partial charge on any atom is -0.486 e. The van der Waals surface area contributed by atoms with Crippen molar-refractivity contribution in [3.63, 3.8) is 0 Å². The second-order valence-corrected chi connectivity index (χ2v) is 8.23. The molecule has 1 aromatic rings. The van der Waals surface area contributed by atoms with Crippen LogP contribution in [-0.2, 0) is 0 Å². The maximum atomic E-state index is 5.81. The zero-order valence-corrected chi connectivity index (χ0v) is 16.4. The molecule has 6 nitrogen and oxygen atoms in total. The van der Waals surface area contributed by atoms with Crippen LogP contribution in [0.2, 0.25) is 0 Å². The molecule has 0 bridgehead atoms. The molecule has 0 aromatic heterocycles. The highest BCUT2D eigenvalue weighted by Crippen LogP contribution is 2.38. The summed E-state index contributed by atoms with van der Waals surface area (Å²) in [5.74, 6) is 2.58. The molecule has 4 aliphatic rings. The van der Waals surface area contributed by atoms with E-state index in [1.165, 1.54) is 44.3 Å². The van der Waals surface area contributed by atoms with Crippen LogP contribution >= 0.6 is 0 Å². The summed E-state index contributed by atoms with van der Waals surface area (Å²) in [4.78, 5) is 9.70. The fourth-order valence-corrected chi connectivity index (χ4v) is 4.96. The van der Waals surface area contributed by atoms with Crippen LogP contribution in [0.25, 0.3) is 0 Å². The first-order valence-electron chi connectivity index (χ1n) is 10.7. The average molecular weight is 383 g/mol. The van der Waals surface area contributed by atoms with Crippen LogP contribution < -0.4 is 14.8 Å². The molecule has 1 aromatic carbocycles. The number of piperidine rings is 1. The lowest BCUT2D eigenvalue weighted by atomic mass is 9.95. The van der Waals surface area contributed by atoms with Crippen molar-refractivity contribution in [2.24, 2.45) is 10.9 Å². The first-order valence-corrected chi connectivity index (χ1v) is 10.7. The molecule has 2 atom stereocenters. The topological polar surface area (TPSA) is 49.3 Å². The van der Waals surface area contributed by atoms with Gasteiger partial charge in [-0.25, -0.2) is 0 Å². The summed E-state index contributed by atoms with van der Waals surface area (Å²) in [5, 5.41) is 3.35. The maximum absolute atomic E-state index is 5.81. The largest absolute Gasteiger partial charge is 0.486 e. The van der Waals surface area contributed by atoms with Gasteiger partial charge in [-0.1, -0.05) is 6.07 Å². The molecule has 5 rings (SSSR count). The van der Waals surface area contributed by atoms with Crippen LogP contribution in [-0.4, -0.2) is 61.7 Å². The van der Waals surface area contributed by atoms with Gasteiger partial charge in [-0.2, -0.15) is 0 Å². The number of rotatable bonds is 4. The molecule has 4 aliphatic heterocycles. The molecule has 6 heteroatoms. The Morgan fingerprint density at radius 1 is 1.04 bits per heavy atom. The van der Waals surface area contributed by atoms with E-state index in [0.29, 0.717) is 19.3 Å². The van der Waals surface area contributed by atoms with E-state index in [1.54, 1.807) is 0 Å². The summed E-state index contributed by atoms with van der Waals surface area (Å²) < 4.78 is 11.5. The Morgan fingerprint density at radius 2 is 1.89 bits per heavy atom. The third-order valence-electron chi connectivity index (χ3n) is 6.46. The Bertz CT molecular complexity index is 742. The summed E-state index contributed by atoms with van der Waals surface area (Å²) in [5.41, 5.74) is 1.38. The Labute approximate surface area is 167 Å². The Balaban J connectivity index is 1.19. The minimum atomic E-state index is 0.128. The van der Waals surface area contributed by atoms with Gasteiger partial charge >= 0.3 is 0 Å². The van der Waals surface area contributed by atoms with Crippen LogP contribution in [0.5, 0.6) is 11.5 Å². The molecule has 0 saturated carbocycles. The van der Waals surface area contributed by atoms with Gasteiger partial charge in [0.25, 0.3) is 0 Å². The predicted octanol–water partition coefficient (Wildman–Crippen LogP) is 2.78. The van der Waals surface area contributed by atoms with Crippen molar-refractivity contribution in [1.29, 1.82) is 0 Å². The quantitative estimate of drug-likeness (QED) is 0.868. The Hall–Kier alpha value is -2.05. The van der Waals surface area contributed by atoms with E-state index in [4.69, 9.17) is 9.47 Å². The van der Waals surface area contributed by atoms with Crippen molar-refractivity contribution in [3.05, 3.63) is 36.0 Å². The van der Waals surface area contributed by atoms with Crippen molar-refractivity contribution < 1.29 is 9.47 Å². The third-order valence-corrected chi connectivity index (χ3v) is 6.46. The van der Waals surface area contributed by atoms with Crippen LogP contribution in [0.3, 0.4) is 0 Å². The fraction of sp³-hybridized carbons (Fsp3) is 0.591. The minimum absolute atomic E-state index is 0.128. The number of aliphatic imine (C=N–C) groups is 1. The number of benzene rings is 1. The van der Waals surface area contributed by atoms with Gasteiger partial charge in [0.05, 0.1) is 0 Å². The summed E-state index contributed by atoms with van der Waals surface area (Å²) in [6, 6.07) is 7.05. The molecule has 0 aliphatic carbocycles. The number of allylic oxidation sites excluding steroid dienone is 1. The zero-order valence-electron chi connectivity index (χ0n) is 16.4. The van der Waals surface area contributed by atoms with Crippen molar-refractivity contribution in [2.45, 2.75) is 38.0 Å². The molecule has 4 heterocycles. The van der Waals surface area contributed by atoms with E-state index in [1.807, 2.05) is 18.5 Å². The van der Waals surface area contributed by atoms with E-state index in [-0.39, 0.29) is 6.29 Å². The molecule has 2 fully saturated rings. The van der Waals surface area contributed by atoms with Gasteiger partial charge in [-0.3, -0.25) is 14.8 Å². The van der Waals surface area contributed by atoms with Gasteiger partial charge in [0.2, 0.25) is 0 Å². The number of likely N-dealkylation sites (tertiary alicyclic amines) is 2. The van der Waals surface area contributed by atoms with Gasteiger partial charge in [0, 0.05) is 38.1 Å². The Morgan fingerprint density at radius 3 is 2.71 bits per heavy atom. The lowest BCUT2D eigenvalue weighted by Gasteiger charge is -2.38. The lowest BCUT2D eigenvalue weighted by molar-refractivity contribution is 0.100. The zero-order chi connectivity index (χ0) is 18.8. The standard InChI is InChI=1S/C22H30N4O2/c1-3-19(18-4-5-20-21(15-18)28-14-13-27-20)26(10-1)16-17-6-11-25(12-7-17)22-23-8-2-9-24-22/h2,4-5,8-9,15,17,19,22-23H,1,3,6-7,10-14,16H2. The maximum Gasteiger partial charge on any atom is 0.175 e. The molecular formula is C22H30N4O2. The second-order valence-electron chi connectivity index (χ2n) is 8.23. The summed E-state index contributed by atoms with van der Waals surface area (Å²) in [6.07, 6.45) is 11.0. The number of hydrogen-bond donors (Lipinski definition) is 1. The van der Waals surface area contributed by atoms with Crippen LogP contribution in [0, 0.1) is 5.92 Å². The van der Waals surface area contributed by atoms with Crippen molar-refractivity contribution in [3.8, 4) is 11.5 Å². The highest BCUT2D eigenvalue weighted by Gasteiger charge is 2.31. The highest BCUT2D eigenvalue weighted by molar-refractivity contribution is 5.71. The second kappa shape index (κ2) is 8.13. The van der Waals surface area contributed by atoms with Gasteiger partial charge in [0.1, 0.15) is 13.2 Å². The van der Waals surface area contributed by atoms with Crippen molar-refractivity contribution >= 4 is 6.21 Å². The predicted molar refractivity (Wildman–Crippen MR) is 110 cm³/mol. The molecule has 0 radical (unpaired) electrons. The van der Waals surface area contributed by atoms with Gasteiger partial charge in [-0.05, 0) is 61.9 Å². The number of fused-ring (bicyclic) bond motifs is 1. The van der Waals surface area contributed by atoms with Gasteiger partial charge in [0.15, 0.2) is 17.8 Å². The van der Waals surface area contributed by atoms with E-state index in [9.17, 15) is 0 Å². The SMILES string of the molecule is C1=CNC(N2CCC(CN3CCCC3c3ccc4c(c3)OCCO4)CC2)N=C1. The molecule has 1 N–H and O–H groups in total. The number of nitrogens with zero attached hydrogens (tertiary/aromatic N) is 3.